The number of benzene rings is 1. The molecular weight excluding hydrogens is 260 g/mol. The topological polar surface area (TPSA) is 87.7 Å². The fraction of sp³-hybridized carbons (Fsp3) is 0.429. The van der Waals surface area contributed by atoms with Crippen LogP contribution in [0.5, 0.6) is 0 Å². The molecule has 0 heterocycles. The Bertz CT molecular complexity index is 488. The summed E-state index contributed by atoms with van der Waals surface area (Å²) in [6, 6.07) is 5.26. The van der Waals surface area contributed by atoms with Crippen molar-refractivity contribution in [3.63, 3.8) is 0 Å². The van der Waals surface area contributed by atoms with Crippen LogP contribution in [-0.2, 0) is 9.53 Å². The van der Waals surface area contributed by atoms with Crippen molar-refractivity contribution >= 4 is 17.7 Å². The Balaban J connectivity index is 2.51. The second kappa shape index (κ2) is 7.49. The molecule has 0 aromatic heterocycles. The van der Waals surface area contributed by atoms with E-state index < -0.39 is 12.1 Å². The first-order chi connectivity index (χ1) is 9.43. The predicted octanol–water partition coefficient (Wildman–Crippen LogP) is 1.91. The predicted molar refractivity (Wildman–Crippen MR) is 76.0 cm³/mol. The maximum atomic E-state index is 11.8. The molecule has 0 fully saturated rings. The van der Waals surface area contributed by atoms with Crippen molar-refractivity contribution in [3.8, 4) is 0 Å². The molecule has 0 saturated carbocycles. The Morgan fingerprint density at radius 3 is 2.65 bits per heavy atom. The monoisotopic (exact) mass is 280 g/mol. The van der Waals surface area contributed by atoms with Gasteiger partial charge in [-0.3, -0.25) is 4.79 Å². The third-order valence-electron chi connectivity index (χ3n) is 3.08. The molecule has 1 atom stereocenters. The van der Waals surface area contributed by atoms with E-state index in [4.69, 9.17) is 9.84 Å². The average molecular weight is 280 g/mol. The van der Waals surface area contributed by atoms with Gasteiger partial charge in [0.1, 0.15) is 0 Å². The van der Waals surface area contributed by atoms with Gasteiger partial charge in [0.15, 0.2) is 0 Å². The van der Waals surface area contributed by atoms with Gasteiger partial charge in [-0.05, 0) is 31.0 Å². The van der Waals surface area contributed by atoms with E-state index >= 15 is 0 Å². The van der Waals surface area contributed by atoms with Crippen molar-refractivity contribution in [1.29, 1.82) is 0 Å². The Hall–Kier alpha value is -2.08. The smallest absolute Gasteiger partial charge is 0.319 e. The molecule has 0 radical (unpaired) electrons. The van der Waals surface area contributed by atoms with Gasteiger partial charge < -0.3 is 20.5 Å². The van der Waals surface area contributed by atoms with Crippen molar-refractivity contribution < 1.29 is 19.4 Å². The highest BCUT2D eigenvalue weighted by atomic mass is 16.5. The van der Waals surface area contributed by atoms with Gasteiger partial charge in [0, 0.05) is 19.3 Å². The van der Waals surface area contributed by atoms with Gasteiger partial charge >= 0.3 is 12.0 Å². The standard InChI is InChI=1S/C14H20N2O4/c1-9-5-4-6-12(10(9)2)16-14(19)15-8-11(20-3)7-13(17)18/h4-6,11H,7-8H2,1-3H3,(H,17,18)(H2,15,16,19). The molecule has 20 heavy (non-hydrogen) atoms. The minimum absolute atomic E-state index is 0.138. The largest absolute Gasteiger partial charge is 0.481 e. The lowest BCUT2D eigenvalue weighted by atomic mass is 10.1. The fourth-order valence-corrected chi connectivity index (χ4v) is 1.69. The highest BCUT2D eigenvalue weighted by molar-refractivity contribution is 5.90. The van der Waals surface area contributed by atoms with Crippen LogP contribution in [0.4, 0.5) is 10.5 Å². The molecule has 1 unspecified atom stereocenters. The number of carbonyl (C=O) groups is 2. The van der Waals surface area contributed by atoms with E-state index in [-0.39, 0.29) is 19.0 Å². The van der Waals surface area contributed by atoms with Gasteiger partial charge in [0.2, 0.25) is 0 Å². The molecule has 6 nitrogen and oxygen atoms in total. The lowest BCUT2D eigenvalue weighted by molar-refractivity contribution is -0.139. The second-order valence-electron chi connectivity index (χ2n) is 4.54. The van der Waals surface area contributed by atoms with Gasteiger partial charge in [-0.15, -0.1) is 0 Å². The molecule has 0 bridgehead atoms. The molecule has 0 aliphatic rings. The SMILES string of the molecule is COC(CNC(=O)Nc1cccc(C)c1C)CC(=O)O. The Morgan fingerprint density at radius 2 is 2.05 bits per heavy atom. The first-order valence-corrected chi connectivity index (χ1v) is 6.29. The van der Waals surface area contributed by atoms with E-state index in [1.807, 2.05) is 32.0 Å². The molecule has 0 aliphatic heterocycles. The summed E-state index contributed by atoms with van der Waals surface area (Å²) in [5.74, 6) is -0.964. The summed E-state index contributed by atoms with van der Waals surface area (Å²) in [5.41, 5.74) is 2.81. The van der Waals surface area contributed by atoms with Crippen LogP contribution in [0.1, 0.15) is 17.5 Å². The molecule has 110 valence electrons. The zero-order valence-electron chi connectivity index (χ0n) is 11.9. The number of amides is 2. The maximum absolute atomic E-state index is 11.8. The van der Waals surface area contributed by atoms with Gasteiger partial charge in [-0.25, -0.2) is 4.79 Å². The third kappa shape index (κ3) is 4.89. The number of rotatable bonds is 6. The van der Waals surface area contributed by atoms with E-state index in [0.29, 0.717) is 0 Å². The van der Waals surface area contributed by atoms with E-state index in [2.05, 4.69) is 10.6 Å². The molecule has 1 aromatic carbocycles. The molecule has 1 rings (SSSR count). The zero-order valence-corrected chi connectivity index (χ0v) is 11.9. The number of hydrogen-bond acceptors (Lipinski definition) is 3. The van der Waals surface area contributed by atoms with Gasteiger partial charge in [-0.2, -0.15) is 0 Å². The summed E-state index contributed by atoms with van der Waals surface area (Å²) < 4.78 is 4.98. The van der Waals surface area contributed by atoms with Crippen LogP contribution in [0, 0.1) is 13.8 Å². The van der Waals surface area contributed by atoms with Gasteiger partial charge in [-0.1, -0.05) is 12.1 Å². The number of urea groups is 1. The summed E-state index contributed by atoms with van der Waals surface area (Å²) in [6.45, 7) is 4.03. The molecule has 0 spiro atoms. The van der Waals surface area contributed by atoms with Crippen molar-refractivity contribution in [2.24, 2.45) is 0 Å². The molecule has 0 aliphatic carbocycles. The van der Waals surface area contributed by atoms with Crippen LogP contribution in [-0.4, -0.2) is 36.9 Å². The molecular formula is C14H20N2O4. The van der Waals surface area contributed by atoms with Crippen molar-refractivity contribution in [2.75, 3.05) is 19.0 Å². The zero-order chi connectivity index (χ0) is 15.1. The summed E-state index contributed by atoms with van der Waals surface area (Å²) in [7, 11) is 1.41. The van der Waals surface area contributed by atoms with E-state index in [1.165, 1.54) is 7.11 Å². The number of nitrogens with one attached hydrogen (secondary N) is 2. The van der Waals surface area contributed by atoms with E-state index in [1.54, 1.807) is 0 Å². The van der Waals surface area contributed by atoms with Crippen LogP contribution in [0.3, 0.4) is 0 Å². The molecule has 6 heteroatoms. The number of ether oxygens (including phenoxy) is 1. The van der Waals surface area contributed by atoms with Crippen LogP contribution in [0.2, 0.25) is 0 Å². The maximum Gasteiger partial charge on any atom is 0.319 e. The summed E-state index contributed by atoms with van der Waals surface area (Å²) in [6.07, 6.45) is -0.697. The normalized spacial score (nSPS) is 11.8. The number of aliphatic carboxylic acids is 1. The lowest BCUT2D eigenvalue weighted by Gasteiger charge is -2.15. The number of carboxylic acids is 1. The number of anilines is 1. The minimum atomic E-state index is -0.964. The minimum Gasteiger partial charge on any atom is -0.481 e. The summed E-state index contributed by atoms with van der Waals surface area (Å²) in [5, 5.41) is 14.0. The number of hydrogen-bond donors (Lipinski definition) is 3. The molecule has 0 saturated heterocycles. The van der Waals surface area contributed by atoms with Gasteiger partial charge in [0.05, 0.1) is 12.5 Å². The van der Waals surface area contributed by atoms with Crippen LogP contribution in [0.25, 0.3) is 0 Å². The molecule has 2 amide bonds. The van der Waals surface area contributed by atoms with Crippen LogP contribution < -0.4 is 10.6 Å². The summed E-state index contributed by atoms with van der Waals surface area (Å²) in [4.78, 5) is 22.3. The van der Waals surface area contributed by atoms with E-state index in [9.17, 15) is 9.59 Å². The van der Waals surface area contributed by atoms with Crippen LogP contribution in [0.15, 0.2) is 18.2 Å². The average Bonchev–Trinajstić information content (AvgIpc) is 2.39. The highest BCUT2D eigenvalue weighted by Gasteiger charge is 2.13. The number of aryl methyl sites for hydroxylation is 1. The number of carboxylic acid groups (broad SMARTS) is 1. The lowest BCUT2D eigenvalue weighted by Crippen LogP contribution is -2.37. The fourth-order valence-electron chi connectivity index (χ4n) is 1.69. The highest BCUT2D eigenvalue weighted by Crippen LogP contribution is 2.17. The first-order valence-electron chi connectivity index (χ1n) is 6.29. The van der Waals surface area contributed by atoms with Gasteiger partial charge in [0.25, 0.3) is 0 Å². The number of carbonyl (C=O) groups excluding carboxylic acids is 1. The Kier molecular flexibility index (Phi) is 5.99. The molecule has 1 aromatic rings. The Morgan fingerprint density at radius 1 is 1.35 bits per heavy atom. The van der Waals surface area contributed by atoms with Crippen molar-refractivity contribution in [2.45, 2.75) is 26.4 Å². The molecule has 3 N–H and O–H groups in total. The second-order valence-corrected chi connectivity index (χ2v) is 4.54. The van der Waals surface area contributed by atoms with Crippen molar-refractivity contribution in [3.05, 3.63) is 29.3 Å². The van der Waals surface area contributed by atoms with E-state index in [0.717, 1.165) is 16.8 Å². The quantitative estimate of drug-likeness (QED) is 0.743. The van der Waals surface area contributed by atoms with Crippen LogP contribution >= 0.6 is 0 Å². The number of methoxy groups -OCH3 is 1. The summed E-state index contributed by atoms with van der Waals surface area (Å²) >= 11 is 0. The first kappa shape index (κ1) is 16.0. The Labute approximate surface area is 118 Å². The van der Waals surface area contributed by atoms with Crippen molar-refractivity contribution in [1.82, 2.24) is 5.32 Å². The third-order valence-corrected chi connectivity index (χ3v) is 3.08.